The van der Waals surface area contributed by atoms with Crippen LogP contribution in [0.15, 0.2) is 24.3 Å². The predicted molar refractivity (Wildman–Crippen MR) is 95.5 cm³/mol. The Bertz CT molecular complexity index is 634. The molecule has 0 spiro atoms. The molecule has 2 rings (SSSR count). The van der Waals surface area contributed by atoms with Crippen molar-refractivity contribution in [1.29, 1.82) is 0 Å². The van der Waals surface area contributed by atoms with Gasteiger partial charge in [0.05, 0.1) is 16.7 Å². The van der Waals surface area contributed by atoms with E-state index in [1.165, 1.54) is 0 Å². The topological polar surface area (TPSA) is 95.5 Å². The lowest BCUT2D eigenvalue weighted by Crippen LogP contribution is -2.35. The summed E-state index contributed by atoms with van der Waals surface area (Å²) in [5.74, 6) is -1.52. The molecule has 1 fully saturated rings. The van der Waals surface area contributed by atoms with E-state index in [1.54, 1.807) is 24.3 Å². The third-order valence-electron chi connectivity index (χ3n) is 4.80. The molecule has 2 amide bonds. The van der Waals surface area contributed by atoms with Crippen LogP contribution in [0.25, 0.3) is 0 Å². The summed E-state index contributed by atoms with van der Waals surface area (Å²) in [5, 5.41) is 15.1. The quantitative estimate of drug-likeness (QED) is 0.689. The van der Waals surface area contributed by atoms with Gasteiger partial charge in [-0.25, -0.2) is 0 Å². The Morgan fingerprint density at radius 1 is 1.08 bits per heavy atom. The Balaban J connectivity index is 2.14. The average molecular weight is 346 g/mol. The predicted octanol–water partition coefficient (Wildman–Crippen LogP) is 3.19. The van der Waals surface area contributed by atoms with E-state index < -0.39 is 11.4 Å². The molecule has 0 heterocycles. The molecule has 1 aromatic rings. The van der Waals surface area contributed by atoms with Crippen LogP contribution in [0, 0.1) is 5.41 Å². The van der Waals surface area contributed by atoms with Crippen molar-refractivity contribution in [2.75, 3.05) is 11.9 Å². The molecule has 6 nitrogen and oxygen atoms in total. The monoisotopic (exact) mass is 346 g/mol. The summed E-state index contributed by atoms with van der Waals surface area (Å²) in [6.45, 7) is 2.31. The first-order valence-electron chi connectivity index (χ1n) is 8.89. The molecule has 1 aliphatic carbocycles. The molecular formula is C19H26N2O4. The summed E-state index contributed by atoms with van der Waals surface area (Å²) in [5.41, 5.74) is -0.211. The number of hydrogen-bond acceptors (Lipinski definition) is 3. The van der Waals surface area contributed by atoms with E-state index in [1.807, 2.05) is 6.92 Å². The van der Waals surface area contributed by atoms with Gasteiger partial charge in [0.1, 0.15) is 0 Å². The number of rotatable bonds is 6. The van der Waals surface area contributed by atoms with E-state index in [0.717, 1.165) is 25.7 Å². The van der Waals surface area contributed by atoms with Gasteiger partial charge in [-0.2, -0.15) is 0 Å². The Hall–Kier alpha value is -2.37. The number of nitrogens with one attached hydrogen (secondary N) is 2. The second kappa shape index (κ2) is 8.65. The molecule has 0 aromatic heterocycles. The normalized spacial score (nSPS) is 16.5. The highest BCUT2D eigenvalue weighted by Crippen LogP contribution is 2.38. The molecule has 0 bridgehead atoms. The molecule has 1 saturated carbocycles. The van der Waals surface area contributed by atoms with Crippen molar-refractivity contribution in [1.82, 2.24) is 5.32 Å². The first-order valence-corrected chi connectivity index (χ1v) is 8.89. The fourth-order valence-electron chi connectivity index (χ4n) is 3.42. The van der Waals surface area contributed by atoms with E-state index in [4.69, 9.17) is 0 Å². The number of para-hydroxylation sites is 1. The van der Waals surface area contributed by atoms with E-state index in [2.05, 4.69) is 10.6 Å². The smallest absolute Gasteiger partial charge is 0.310 e. The third kappa shape index (κ3) is 4.81. The first kappa shape index (κ1) is 19.0. The highest BCUT2D eigenvalue weighted by Gasteiger charge is 2.40. The van der Waals surface area contributed by atoms with Gasteiger partial charge in [-0.1, -0.05) is 37.8 Å². The number of hydrogen-bond donors (Lipinski definition) is 3. The van der Waals surface area contributed by atoms with E-state index in [0.29, 0.717) is 30.6 Å². The van der Waals surface area contributed by atoms with Crippen molar-refractivity contribution in [3.8, 4) is 0 Å². The molecule has 0 aliphatic heterocycles. The zero-order chi connectivity index (χ0) is 18.3. The maximum absolute atomic E-state index is 12.5. The SMILES string of the molecule is CCNC(=O)c1ccccc1NC(=O)CC1(C(=O)O)CCCCCC1. The Morgan fingerprint density at radius 3 is 2.32 bits per heavy atom. The Kier molecular flexibility index (Phi) is 6.56. The number of amides is 2. The van der Waals surface area contributed by atoms with Crippen molar-refractivity contribution in [2.45, 2.75) is 51.9 Å². The van der Waals surface area contributed by atoms with E-state index >= 15 is 0 Å². The molecule has 1 aromatic carbocycles. The van der Waals surface area contributed by atoms with Crippen LogP contribution in [0.3, 0.4) is 0 Å². The molecule has 136 valence electrons. The highest BCUT2D eigenvalue weighted by atomic mass is 16.4. The highest BCUT2D eigenvalue weighted by molar-refractivity contribution is 6.04. The van der Waals surface area contributed by atoms with Crippen LogP contribution in [0.4, 0.5) is 5.69 Å². The lowest BCUT2D eigenvalue weighted by Gasteiger charge is -2.27. The molecular weight excluding hydrogens is 320 g/mol. The lowest BCUT2D eigenvalue weighted by atomic mass is 9.77. The van der Waals surface area contributed by atoms with Gasteiger partial charge in [0.15, 0.2) is 0 Å². The van der Waals surface area contributed by atoms with Crippen LogP contribution in [0.5, 0.6) is 0 Å². The van der Waals surface area contributed by atoms with Gasteiger partial charge in [-0.15, -0.1) is 0 Å². The van der Waals surface area contributed by atoms with Crippen LogP contribution < -0.4 is 10.6 Å². The standard InChI is InChI=1S/C19H26N2O4/c1-2-20-17(23)14-9-5-6-10-15(14)21-16(22)13-19(18(24)25)11-7-3-4-8-12-19/h5-6,9-10H,2-4,7-8,11-13H2,1H3,(H,20,23)(H,21,22)(H,24,25). The molecule has 0 radical (unpaired) electrons. The zero-order valence-electron chi connectivity index (χ0n) is 14.6. The summed E-state index contributed by atoms with van der Waals surface area (Å²) in [4.78, 5) is 36.5. The molecule has 6 heteroatoms. The van der Waals surface area contributed by atoms with E-state index in [-0.39, 0.29) is 18.2 Å². The summed E-state index contributed by atoms with van der Waals surface area (Å²) >= 11 is 0. The number of aliphatic carboxylic acids is 1. The van der Waals surface area contributed by atoms with Crippen molar-refractivity contribution in [3.63, 3.8) is 0 Å². The molecule has 0 unspecified atom stereocenters. The van der Waals surface area contributed by atoms with Crippen LogP contribution in [-0.4, -0.2) is 29.4 Å². The van der Waals surface area contributed by atoms with Gasteiger partial charge in [0.2, 0.25) is 5.91 Å². The van der Waals surface area contributed by atoms with Gasteiger partial charge in [0.25, 0.3) is 5.91 Å². The van der Waals surface area contributed by atoms with Gasteiger partial charge in [-0.3, -0.25) is 14.4 Å². The number of carbonyl (C=O) groups is 3. The Labute approximate surface area is 148 Å². The third-order valence-corrected chi connectivity index (χ3v) is 4.80. The van der Waals surface area contributed by atoms with Crippen LogP contribution >= 0.6 is 0 Å². The van der Waals surface area contributed by atoms with Crippen LogP contribution in [-0.2, 0) is 9.59 Å². The number of carboxylic acid groups (broad SMARTS) is 1. The fraction of sp³-hybridized carbons (Fsp3) is 0.526. The van der Waals surface area contributed by atoms with Gasteiger partial charge >= 0.3 is 5.97 Å². The average Bonchev–Trinajstić information content (AvgIpc) is 2.82. The maximum atomic E-state index is 12.5. The summed E-state index contributed by atoms with van der Waals surface area (Å²) in [6, 6.07) is 6.75. The number of anilines is 1. The van der Waals surface area contributed by atoms with Crippen molar-refractivity contribution >= 4 is 23.5 Å². The minimum absolute atomic E-state index is 0.0634. The van der Waals surface area contributed by atoms with Gasteiger partial charge < -0.3 is 15.7 Å². The number of carboxylic acids is 1. The molecule has 0 saturated heterocycles. The summed E-state index contributed by atoms with van der Waals surface area (Å²) in [7, 11) is 0. The Morgan fingerprint density at radius 2 is 1.72 bits per heavy atom. The van der Waals surface area contributed by atoms with Crippen molar-refractivity contribution < 1.29 is 19.5 Å². The summed E-state index contributed by atoms with van der Waals surface area (Å²) in [6.07, 6.45) is 4.66. The second-order valence-corrected chi connectivity index (χ2v) is 6.63. The zero-order valence-corrected chi connectivity index (χ0v) is 14.6. The fourth-order valence-corrected chi connectivity index (χ4v) is 3.42. The van der Waals surface area contributed by atoms with Gasteiger partial charge in [0, 0.05) is 13.0 Å². The maximum Gasteiger partial charge on any atom is 0.310 e. The van der Waals surface area contributed by atoms with Crippen molar-refractivity contribution in [2.24, 2.45) is 5.41 Å². The molecule has 25 heavy (non-hydrogen) atoms. The molecule has 0 atom stereocenters. The first-order chi connectivity index (χ1) is 12.0. The minimum atomic E-state index is -0.999. The number of benzene rings is 1. The number of carbonyl (C=O) groups excluding carboxylic acids is 2. The lowest BCUT2D eigenvalue weighted by molar-refractivity contribution is -0.152. The molecule has 1 aliphatic rings. The summed E-state index contributed by atoms with van der Waals surface area (Å²) < 4.78 is 0. The van der Waals surface area contributed by atoms with Crippen LogP contribution in [0.1, 0.15) is 62.2 Å². The van der Waals surface area contributed by atoms with Gasteiger partial charge in [-0.05, 0) is 31.9 Å². The minimum Gasteiger partial charge on any atom is -0.481 e. The molecule has 3 N–H and O–H groups in total. The largest absolute Gasteiger partial charge is 0.481 e. The van der Waals surface area contributed by atoms with Crippen molar-refractivity contribution in [3.05, 3.63) is 29.8 Å². The van der Waals surface area contributed by atoms with E-state index in [9.17, 15) is 19.5 Å². The van der Waals surface area contributed by atoms with Crippen LogP contribution in [0.2, 0.25) is 0 Å². The second-order valence-electron chi connectivity index (χ2n) is 6.63.